The van der Waals surface area contributed by atoms with Gasteiger partial charge >= 0.3 is 0 Å². The highest BCUT2D eigenvalue weighted by molar-refractivity contribution is 7.15. The van der Waals surface area contributed by atoms with Crippen LogP contribution in [0.1, 0.15) is 49.8 Å². The Kier molecular flexibility index (Phi) is 3.78. The Morgan fingerprint density at radius 1 is 1.53 bits per heavy atom. The van der Waals surface area contributed by atoms with Crippen LogP contribution in [0.2, 0.25) is 0 Å². The summed E-state index contributed by atoms with van der Waals surface area (Å²) in [6.45, 7) is 5.99. The monoisotopic (exact) mass is 282 g/mol. The van der Waals surface area contributed by atoms with Crippen molar-refractivity contribution in [2.24, 2.45) is 0 Å². The van der Waals surface area contributed by atoms with Crippen molar-refractivity contribution in [3.8, 4) is 0 Å². The number of thiazole rings is 1. The smallest absolute Gasteiger partial charge is 0.186 e. The average Bonchev–Trinajstić information content (AvgIpc) is 2.84. The van der Waals surface area contributed by atoms with Crippen molar-refractivity contribution in [1.29, 1.82) is 0 Å². The quantitative estimate of drug-likeness (QED) is 0.905. The first-order chi connectivity index (χ1) is 9.19. The molecule has 1 aromatic rings. The van der Waals surface area contributed by atoms with Crippen molar-refractivity contribution in [2.45, 2.75) is 57.8 Å². The highest BCUT2D eigenvalue weighted by Crippen LogP contribution is 2.38. The van der Waals surface area contributed by atoms with Crippen LogP contribution in [0.25, 0.3) is 0 Å². The Labute approximate surface area is 118 Å². The maximum Gasteiger partial charge on any atom is 0.186 e. The lowest BCUT2D eigenvalue weighted by atomic mass is 10.0. The first kappa shape index (κ1) is 13.3. The van der Waals surface area contributed by atoms with Gasteiger partial charge in [0.2, 0.25) is 0 Å². The van der Waals surface area contributed by atoms with Gasteiger partial charge in [-0.2, -0.15) is 0 Å². The summed E-state index contributed by atoms with van der Waals surface area (Å²) in [5.41, 5.74) is 1.12. The topological polar surface area (TPSA) is 45.6 Å². The summed E-state index contributed by atoms with van der Waals surface area (Å²) in [6, 6.07) is 0.418. The summed E-state index contributed by atoms with van der Waals surface area (Å²) in [6.07, 6.45) is 3.97. The highest BCUT2D eigenvalue weighted by Gasteiger charge is 2.30. The zero-order valence-electron chi connectivity index (χ0n) is 11.6. The Bertz CT molecular complexity index is 449. The highest BCUT2D eigenvalue weighted by atomic mass is 32.1. The lowest BCUT2D eigenvalue weighted by Gasteiger charge is -2.38. The van der Waals surface area contributed by atoms with Gasteiger partial charge in [0.25, 0.3) is 0 Å². The number of morpholine rings is 1. The number of hydrogen-bond acceptors (Lipinski definition) is 5. The maximum atomic E-state index is 10.1. The number of hydrogen-bond donors (Lipinski definition) is 1. The summed E-state index contributed by atoms with van der Waals surface area (Å²) in [5, 5.41) is 11.2. The number of rotatable bonds is 2. The van der Waals surface area contributed by atoms with E-state index in [4.69, 9.17) is 9.72 Å². The molecule has 106 valence electrons. The van der Waals surface area contributed by atoms with Gasteiger partial charge in [0.05, 0.1) is 35.4 Å². The largest absolute Gasteiger partial charge is 0.388 e. The molecule has 5 heteroatoms. The molecule has 1 aliphatic carbocycles. The van der Waals surface area contributed by atoms with Crippen molar-refractivity contribution >= 4 is 16.5 Å². The Morgan fingerprint density at radius 2 is 2.37 bits per heavy atom. The summed E-state index contributed by atoms with van der Waals surface area (Å²) >= 11 is 1.68. The lowest BCUT2D eigenvalue weighted by Crippen LogP contribution is -2.48. The van der Waals surface area contributed by atoms with Gasteiger partial charge in [-0.3, -0.25) is 0 Å². The van der Waals surface area contributed by atoms with Gasteiger partial charge in [0, 0.05) is 6.54 Å². The standard InChI is InChI=1S/C14H22N2O2S/c1-3-10-8-18-9(2)7-16(10)14-15-11-5-4-6-12(17)13(11)19-14/h9-10,12,17H,3-8H2,1-2H3. The molecule has 0 bridgehead atoms. The Balaban J connectivity index is 1.88. The van der Waals surface area contributed by atoms with Crippen molar-refractivity contribution in [1.82, 2.24) is 4.98 Å². The molecule has 1 saturated heterocycles. The summed E-state index contributed by atoms with van der Waals surface area (Å²) in [5.74, 6) is 0. The molecule has 1 aliphatic heterocycles. The molecular formula is C14H22N2O2S. The fourth-order valence-electron chi connectivity index (χ4n) is 2.92. The van der Waals surface area contributed by atoms with Gasteiger partial charge in [0.15, 0.2) is 5.13 Å². The third-order valence-corrected chi connectivity index (χ3v) is 5.33. The van der Waals surface area contributed by atoms with Crippen LogP contribution in [0, 0.1) is 0 Å². The number of nitrogens with zero attached hydrogens (tertiary/aromatic N) is 2. The molecule has 1 fully saturated rings. The van der Waals surface area contributed by atoms with Crippen molar-refractivity contribution in [3.05, 3.63) is 10.6 Å². The van der Waals surface area contributed by atoms with Gasteiger partial charge in [-0.25, -0.2) is 4.98 Å². The molecular weight excluding hydrogens is 260 g/mol. The number of aryl methyl sites for hydroxylation is 1. The van der Waals surface area contributed by atoms with Gasteiger partial charge < -0.3 is 14.7 Å². The molecule has 0 saturated carbocycles. The molecule has 4 nitrogen and oxygen atoms in total. The fraction of sp³-hybridized carbons (Fsp3) is 0.786. The van der Waals surface area contributed by atoms with E-state index in [1.807, 2.05) is 0 Å². The Morgan fingerprint density at radius 3 is 3.11 bits per heavy atom. The van der Waals surface area contributed by atoms with Crippen LogP contribution in [0.4, 0.5) is 5.13 Å². The van der Waals surface area contributed by atoms with E-state index in [0.717, 1.165) is 54.5 Å². The zero-order chi connectivity index (χ0) is 13.4. The van der Waals surface area contributed by atoms with E-state index in [9.17, 15) is 5.11 Å². The van der Waals surface area contributed by atoms with E-state index in [1.165, 1.54) is 0 Å². The van der Waals surface area contributed by atoms with Gasteiger partial charge in [-0.1, -0.05) is 18.3 Å². The van der Waals surface area contributed by atoms with Crippen molar-refractivity contribution < 1.29 is 9.84 Å². The molecule has 0 radical (unpaired) electrons. The van der Waals surface area contributed by atoms with Crippen LogP contribution in [-0.2, 0) is 11.2 Å². The first-order valence-electron chi connectivity index (χ1n) is 7.25. The summed E-state index contributed by atoms with van der Waals surface area (Å²) < 4.78 is 5.74. The molecule has 0 aromatic carbocycles. The molecule has 2 aliphatic rings. The molecule has 0 spiro atoms. The minimum Gasteiger partial charge on any atom is -0.388 e. The van der Waals surface area contributed by atoms with E-state index >= 15 is 0 Å². The van der Waals surface area contributed by atoms with E-state index in [2.05, 4.69) is 18.7 Å². The predicted octanol–water partition coefficient (Wildman–Crippen LogP) is 2.52. The molecule has 19 heavy (non-hydrogen) atoms. The van der Waals surface area contributed by atoms with Crippen molar-refractivity contribution in [3.63, 3.8) is 0 Å². The van der Waals surface area contributed by atoms with E-state index in [-0.39, 0.29) is 12.2 Å². The summed E-state index contributed by atoms with van der Waals surface area (Å²) in [4.78, 5) is 8.26. The summed E-state index contributed by atoms with van der Waals surface area (Å²) in [7, 11) is 0. The van der Waals surface area contributed by atoms with E-state index in [1.54, 1.807) is 11.3 Å². The van der Waals surface area contributed by atoms with Gasteiger partial charge in [0.1, 0.15) is 0 Å². The molecule has 1 aromatic heterocycles. The molecule has 0 amide bonds. The number of aromatic nitrogens is 1. The number of fused-ring (bicyclic) bond motifs is 1. The van der Waals surface area contributed by atoms with Crippen LogP contribution in [-0.4, -0.2) is 35.4 Å². The number of aliphatic hydroxyl groups is 1. The normalized spacial score (nSPS) is 31.3. The van der Waals surface area contributed by atoms with Crippen LogP contribution >= 0.6 is 11.3 Å². The van der Waals surface area contributed by atoms with Crippen LogP contribution in [0.3, 0.4) is 0 Å². The zero-order valence-corrected chi connectivity index (χ0v) is 12.4. The molecule has 1 N–H and O–H groups in total. The lowest BCUT2D eigenvalue weighted by molar-refractivity contribution is 0.0299. The number of ether oxygens (including phenoxy) is 1. The minimum atomic E-state index is -0.298. The average molecular weight is 282 g/mol. The number of anilines is 1. The molecule has 2 heterocycles. The van der Waals surface area contributed by atoms with Crippen LogP contribution < -0.4 is 4.90 Å². The SMILES string of the molecule is CCC1COC(C)CN1c1nc2c(s1)C(O)CCC2. The van der Waals surface area contributed by atoms with Crippen molar-refractivity contribution in [2.75, 3.05) is 18.1 Å². The predicted molar refractivity (Wildman–Crippen MR) is 76.9 cm³/mol. The third kappa shape index (κ3) is 2.51. The second kappa shape index (κ2) is 5.38. The fourth-order valence-corrected chi connectivity index (χ4v) is 4.14. The molecule has 3 rings (SSSR count). The van der Waals surface area contributed by atoms with Crippen LogP contribution in [0.15, 0.2) is 0 Å². The van der Waals surface area contributed by atoms with E-state index in [0.29, 0.717) is 6.04 Å². The van der Waals surface area contributed by atoms with E-state index < -0.39 is 0 Å². The van der Waals surface area contributed by atoms with Gasteiger partial charge in [-0.15, -0.1) is 0 Å². The Hall–Kier alpha value is -0.650. The first-order valence-corrected chi connectivity index (χ1v) is 8.06. The van der Waals surface area contributed by atoms with Gasteiger partial charge in [-0.05, 0) is 32.6 Å². The second-order valence-corrected chi connectivity index (χ2v) is 6.58. The molecule has 3 atom stereocenters. The third-order valence-electron chi connectivity index (χ3n) is 4.09. The maximum absolute atomic E-state index is 10.1. The second-order valence-electron chi connectivity index (χ2n) is 5.57. The molecule has 3 unspecified atom stereocenters. The van der Waals surface area contributed by atoms with Crippen LogP contribution in [0.5, 0.6) is 0 Å². The number of aliphatic hydroxyl groups excluding tert-OH is 1. The minimum absolute atomic E-state index is 0.258.